The molecule has 0 fully saturated rings. The zero-order valence-corrected chi connectivity index (χ0v) is 8.93. The maximum Gasteiger partial charge on any atom is 0.202 e. The van der Waals surface area contributed by atoms with Crippen LogP contribution in [-0.2, 0) is 0 Å². The van der Waals surface area contributed by atoms with Gasteiger partial charge in [-0.05, 0) is 13.0 Å². The van der Waals surface area contributed by atoms with E-state index in [0.29, 0.717) is 0 Å². The summed E-state index contributed by atoms with van der Waals surface area (Å²) in [5, 5.41) is 3.83. The molecule has 1 aromatic carbocycles. The predicted molar refractivity (Wildman–Crippen MR) is 59.6 cm³/mol. The molecule has 3 nitrogen and oxygen atoms in total. The molecule has 0 atom stereocenters. The Bertz CT molecular complexity index is 436. The lowest BCUT2D eigenvalue weighted by Gasteiger charge is -1.96. The van der Waals surface area contributed by atoms with E-state index < -0.39 is 0 Å². The van der Waals surface area contributed by atoms with Gasteiger partial charge in [0.1, 0.15) is 0 Å². The van der Waals surface area contributed by atoms with Gasteiger partial charge in [0.05, 0.1) is 0 Å². The quantitative estimate of drug-likeness (QED) is 0.818. The van der Waals surface area contributed by atoms with Gasteiger partial charge in [-0.2, -0.15) is 9.36 Å². The predicted octanol–water partition coefficient (Wildman–Crippen LogP) is 2.56. The molecule has 1 N–H and O–H groups in total. The van der Waals surface area contributed by atoms with Crippen molar-refractivity contribution in [3.63, 3.8) is 0 Å². The Balaban J connectivity index is 2.39. The SMILES string of the molecule is CNc1nc(-c2cccc(C)c2)ns1. The number of benzene rings is 1. The lowest BCUT2D eigenvalue weighted by molar-refractivity contribution is 1.30. The van der Waals surface area contributed by atoms with Crippen LogP contribution in [0, 0.1) is 6.92 Å². The Morgan fingerprint density at radius 3 is 2.86 bits per heavy atom. The molecule has 0 aliphatic heterocycles. The van der Waals surface area contributed by atoms with Crippen molar-refractivity contribution in [1.82, 2.24) is 9.36 Å². The van der Waals surface area contributed by atoms with Gasteiger partial charge in [-0.25, -0.2) is 0 Å². The highest BCUT2D eigenvalue weighted by molar-refractivity contribution is 7.09. The van der Waals surface area contributed by atoms with Crippen molar-refractivity contribution in [2.75, 3.05) is 12.4 Å². The molecule has 0 aliphatic rings. The van der Waals surface area contributed by atoms with Gasteiger partial charge in [0, 0.05) is 24.1 Å². The molecular weight excluding hydrogens is 194 g/mol. The molecule has 0 amide bonds. The molecule has 0 spiro atoms. The van der Waals surface area contributed by atoms with Crippen molar-refractivity contribution in [3.05, 3.63) is 29.8 Å². The van der Waals surface area contributed by atoms with Gasteiger partial charge >= 0.3 is 0 Å². The number of anilines is 1. The molecule has 4 heteroatoms. The van der Waals surface area contributed by atoms with E-state index >= 15 is 0 Å². The Labute approximate surface area is 87.0 Å². The Morgan fingerprint density at radius 2 is 2.21 bits per heavy atom. The number of aromatic nitrogens is 2. The lowest BCUT2D eigenvalue weighted by Crippen LogP contribution is -1.86. The molecule has 0 aliphatic carbocycles. The van der Waals surface area contributed by atoms with Crippen LogP contribution in [0.25, 0.3) is 11.4 Å². The van der Waals surface area contributed by atoms with E-state index in [-0.39, 0.29) is 0 Å². The van der Waals surface area contributed by atoms with Crippen LogP contribution in [-0.4, -0.2) is 16.4 Å². The molecule has 0 saturated heterocycles. The molecule has 0 bridgehead atoms. The molecule has 2 rings (SSSR count). The summed E-state index contributed by atoms with van der Waals surface area (Å²) in [6.45, 7) is 2.06. The summed E-state index contributed by atoms with van der Waals surface area (Å²) in [6.07, 6.45) is 0. The summed E-state index contributed by atoms with van der Waals surface area (Å²) in [4.78, 5) is 4.34. The minimum atomic E-state index is 0.794. The van der Waals surface area contributed by atoms with Crippen molar-refractivity contribution in [2.45, 2.75) is 6.92 Å². The minimum Gasteiger partial charge on any atom is -0.363 e. The second-order valence-electron chi connectivity index (χ2n) is 3.04. The average molecular weight is 205 g/mol. The van der Waals surface area contributed by atoms with Crippen LogP contribution in [0.15, 0.2) is 24.3 Å². The largest absolute Gasteiger partial charge is 0.363 e. The van der Waals surface area contributed by atoms with Crippen LogP contribution in [0.5, 0.6) is 0 Å². The van der Waals surface area contributed by atoms with Crippen LogP contribution in [0.1, 0.15) is 5.56 Å². The topological polar surface area (TPSA) is 37.8 Å². The van der Waals surface area contributed by atoms with Crippen molar-refractivity contribution in [3.8, 4) is 11.4 Å². The maximum absolute atomic E-state index is 4.34. The van der Waals surface area contributed by atoms with Gasteiger partial charge < -0.3 is 5.32 Å². The lowest BCUT2D eigenvalue weighted by atomic mass is 10.1. The van der Waals surface area contributed by atoms with Crippen LogP contribution < -0.4 is 5.32 Å². The minimum absolute atomic E-state index is 0.794. The fraction of sp³-hybridized carbons (Fsp3) is 0.200. The average Bonchev–Trinajstić information content (AvgIpc) is 2.66. The summed E-state index contributed by atoms with van der Waals surface area (Å²) in [5.74, 6) is 0.794. The number of hydrogen-bond donors (Lipinski definition) is 1. The molecule has 14 heavy (non-hydrogen) atoms. The monoisotopic (exact) mass is 205 g/mol. The number of aryl methyl sites for hydroxylation is 1. The Hall–Kier alpha value is -1.42. The highest BCUT2D eigenvalue weighted by atomic mass is 32.1. The first kappa shape index (κ1) is 9.15. The van der Waals surface area contributed by atoms with Crippen molar-refractivity contribution in [2.24, 2.45) is 0 Å². The number of rotatable bonds is 2. The third kappa shape index (κ3) is 1.75. The van der Waals surface area contributed by atoms with E-state index in [9.17, 15) is 0 Å². The van der Waals surface area contributed by atoms with E-state index in [1.165, 1.54) is 17.1 Å². The smallest absolute Gasteiger partial charge is 0.202 e. The van der Waals surface area contributed by atoms with Gasteiger partial charge in [0.25, 0.3) is 0 Å². The van der Waals surface area contributed by atoms with E-state index in [0.717, 1.165) is 16.5 Å². The first-order valence-corrected chi connectivity index (χ1v) is 5.15. The van der Waals surface area contributed by atoms with Crippen LogP contribution >= 0.6 is 11.5 Å². The van der Waals surface area contributed by atoms with Gasteiger partial charge in [0.2, 0.25) is 5.13 Å². The van der Waals surface area contributed by atoms with E-state index in [2.05, 4.69) is 33.7 Å². The highest BCUT2D eigenvalue weighted by Crippen LogP contribution is 2.21. The Morgan fingerprint density at radius 1 is 1.36 bits per heavy atom. The fourth-order valence-electron chi connectivity index (χ4n) is 1.23. The molecule has 2 aromatic rings. The van der Waals surface area contributed by atoms with Crippen molar-refractivity contribution in [1.29, 1.82) is 0 Å². The number of nitrogens with zero attached hydrogens (tertiary/aromatic N) is 2. The second kappa shape index (κ2) is 3.75. The molecule has 1 heterocycles. The number of nitrogens with one attached hydrogen (secondary N) is 1. The third-order valence-corrected chi connectivity index (χ3v) is 2.65. The summed E-state index contributed by atoms with van der Waals surface area (Å²) >= 11 is 1.38. The first-order valence-electron chi connectivity index (χ1n) is 4.38. The molecule has 0 unspecified atom stereocenters. The molecule has 0 saturated carbocycles. The third-order valence-electron chi connectivity index (χ3n) is 1.92. The van der Waals surface area contributed by atoms with Crippen LogP contribution in [0.4, 0.5) is 5.13 Å². The normalized spacial score (nSPS) is 10.1. The molecule has 1 aromatic heterocycles. The van der Waals surface area contributed by atoms with E-state index in [1.807, 2.05) is 19.2 Å². The summed E-state index contributed by atoms with van der Waals surface area (Å²) < 4.78 is 4.27. The molecule has 0 radical (unpaired) electrons. The maximum atomic E-state index is 4.34. The van der Waals surface area contributed by atoms with Crippen LogP contribution in [0.3, 0.4) is 0 Å². The van der Waals surface area contributed by atoms with Crippen molar-refractivity contribution >= 4 is 16.7 Å². The van der Waals surface area contributed by atoms with Gasteiger partial charge in [-0.1, -0.05) is 23.8 Å². The van der Waals surface area contributed by atoms with E-state index in [1.54, 1.807) is 0 Å². The van der Waals surface area contributed by atoms with E-state index in [4.69, 9.17) is 0 Å². The number of hydrogen-bond acceptors (Lipinski definition) is 4. The molecule has 72 valence electrons. The van der Waals surface area contributed by atoms with Gasteiger partial charge in [-0.3, -0.25) is 0 Å². The summed E-state index contributed by atoms with van der Waals surface area (Å²) in [6, 6.07) is 8.19. The zero-order valence-electron chi connectivity index (χ0n) is 8.11. The summed E-state index contributed by atoms with van der Waals surface area (Å²) in [5.41, 5.74) is 2.30. The standard InChI is InChI=1S/C10H11N3S/c1-7-4-3-5-8(6-7)9-12-10(11-2)14-13-9/h3-6H,1-2H3,(H,11,12,13). The first-order chi connectivity index (χ1) is 6.79. The Kier molecular flexibility index (Phi) is 2.45. The van der Waals surface area contributed by atoms with Crippen molar-refractivity contribution < 1.29 is 0 Å². The second-order valence-corrected chi connectivity index (χ2v) is 3.79. The zero-order chi connectivity index (χ0) is 9.97. The van der Waals surface area contributed by atoms with Crippen LogP contribution in [0.2, 0.25) is 0 Å². The fourth-order valence-corrected chi connectivity index (χ4v) is 1.76. The molecular formula is C10H11N3S. The van der Waals surface area contributed by atoms with Gasteiger partial charge in [0.15, 0.2) is 5.82 Å². The summed E-state index contributed by atoms with van der Waals surface area (Å²) in [7, 11) is 1.85. The highest BCUT2D eigenvalue weighted by Gasteiger charge is 2.04. The van der Waals surface area contributed by atoms with Gasteiger partial charge in [-0.15, -0.1) is 0 Å².